The van der Waals surface area contributed by atoms with E-state index < -0.39 is 52.8 Å². The Morgan fingerprint density at radius 2 is 1.98 bits per heavy atom. The predicted molar refractivity (Wildman–Crippen MR) is 154 cm³/mol. The summed E-state index contributed by atoms with van der Waals surface area (Å²) >= 11 is 5.87. The van der Waals surface area contributed by atoms with Crippen molar-refractivity contribution in [3.63, 3.8) is 0 Å². The number of carbonyl (C=O) groups excluding carboxylic acids is 2. The molecule has 1 aliphatic heterocycles. The number of nitrogens with zero attached hydrogens (tertiary/aromatic N) is 3. The molecule has 1 aliphatic carbocycles. The van der Waals surface area contributed by atoms with Crippen LogP contribution in [0.15, 0.2) is 42.6 Å². The summed E-state index contributed by atoms with van der Waals surface area (Å²) in [4.78, 5) is 29.7. The molecule has 3 heterocycles. The Hall–Kier alpha value is -4.43. The zero-order valence-corrected chi connectivity index (χ0v) is 24.6. The Labute approximate surface area is 258 Å². The molecule has 4 N–H and O–H groups in total. The fraction of sp³-hybridized carbons (Fsp3) is 0.333. The first kappa shape index (κ1) is 30.6. The van der Waals surface area contributed by atoms with Gasteiger partial charge >= 0.3 is 6.18 Å². The number of nitrogens with one attached hydrogen (secondary N) is 1. The standard InChI is InChI=1S/C30H26ClF4N5O5/c1-28(27(36)42)13-45-25-19(28)10-22(38-24(25)18-6-3-16(31)9-20(18)32)29(43,30(33,34)35)12-37-26(41)14-7-15-11-40(17-4-5-17)39-23(15)21(8-14)44-2/h3,6-11,17,43H,4-5,12-13H2,1-2H3,(H2,36,42)(H,37,41)/t28-,29?/m0/s1. The molecule has 15 heteroatoms. The third-order valence-electron chi connectivity index (χ3n) is 8.19. The summed E-state index contributed by atoms with van der Waals surface area (Å²) in [5, 5.41) is 18.5. The van der Waals surface area contributed by atoms with Crippen molar-refractivity contribution in [2.24, 2.45) is 5.73 Å². The van der Waals surface area contributed by atoms with Crippen molar-refractivity contribution in [1.29, 1.82) is 0 Å². The van der Waals surface area contributed by atoms with Crippen LogP contribution in [0.2, 0.25) is 5.02 Å². The van der Waals surface area contributed by atoms with Crippen LogP contribution in [0.1, 0.15) is 47.4 Å². The van der Waals surface area contributed by atoms with Gasteiger partial charge in [-0.3, -0.25) is 14.3 Å². The minimum Gasteiger partial charge on any atom is -0.494 e. The SMILES string of the molecule is COc1cc(C(=O)NCC(O)(c2cc3c(c(-c4ccc(Cl)cc4F)n2)OC[C@]3(C)C(N)=O)C(F)(F)F)cc2cn(C3CC3)nc12. The monoisotopic (exact) mass is 647 g/mol. The van der Waals surface area contributed by atoms with Crippen LogP contribution < -0.4 is 20.5 Å². The average Bonchev–Trinajstić information content (AvgIpc) is 3.65. The fourth-order valence-electron chi connectivity index (χ4n) is 5.24. The van der Waals surface area contributed by atoms with E-state index in [1.54, 1.807) is 10.9 Å². The maximum Gasteiger partial charge on any atom is 0.424 e. The topological polar surface area (TPSA) is 142 Å². The number of pyridine rings is 1. The minimum atomic E-state index is -5.41. The molecule has 236 valence electrons. The van der Waals surface area contributed by atoms with Crippen molar-refractivity contribution in [2.45, 2.75) is 43.0 Å². The van der Waals surface area contributed by atoms with E-state index in [0.29, 0.717) is 10.9 Å². The van der Waals surface area contributed by atoms with Crippen LogP contribution in [-0.2, 0) is 15.8 Å². The van der Waals surface area contributed by atoms with Crippen LogP contribution >= 0.6 is 11.6 Å². The van der Waals surface area contributed by atoms with Gasteiger partial charge in [-0.25, -0.2) is 9.37 Å². The summed E-state index contributed by atoms with van der Waals surface area (Å²) in [6.45, 7) is -0.413. The third kappa shape index (κ3) is 5.11. The summed E-state index contributed by atoms with van der Waals surface area (Å²) in [6.07, 6.45) is -1.78. The zero-order chi connectivity index (χ0) is 32.5. The molecule has 0 saturated heterocycles. The van der Waals surface area contributed by atoms with Gasteiger partial charge in [0.15, 0.2) is 0 Å². The normalized spacial score (nSPS) is 19.1. The molecule has 0 spiro atoms. The number of carbonyl (C=O) groups is 2. The van der Waals surface area contributed by atoms with Gasteiger partial charge < -0.3 is 25.6 Å². The van der Waals surface area contributed by atoms with Gasteiger partial charge in [0.05, 0.1) is 25.4 Å². The number of hydrogen-bond donors (Lipinski definition) is 3. The van der Waals surface area contributed by atoms with E-state index in [4.69, 9.17) is 26.8 Å². The molecule has 1 unspecified atom stereocenters. The number of ether oxygens (including phenoxy) is 2. The van der Waals surface area contributed by atoms with E-state index in [1.165, 1.54) is 38.3 Å². The van der Waals surface area contributed by atoms with Crippen LogP contribution in [0.25, 0.3) is 22.2 Å². The number of aromatic nitrogens is 3. The molecule has 1 saturated carbocycles. The van der Waals surface area contributed by atoms with Crippen molar-refractivity contribution in [1.82, 2.24) is 20.1 Å². The quantitative estimate of drug-likeness (QED) is 0.238. The molecule has 2 atom stereocenters. The molecule has 2 amide bonds. The molecule has 6 rings (SSSR count). The second-order valence-electron chi connectivity index (χ2n) is 11.3. The number of halogens is 5. The molecule has 2 aromatic carbocycles. The van der Waals surface area contributed by atoms with Gasteiger partial charge in [0.1, 0.15) is 40.5 Å². The third-order valence-corrected chi connectivity index (χ3v) is 8.43. The Morgan fingerprint density at radius 3 is 2.60 bits per heavy atom. The first-order valence-corrected chi connectivity index (χ1v) is 14.1. The highest BCUT2D eigenvalue weighted by Crippen LogP contribution is 2.48. The molecule has 2 aliphatic rings. The number of methoxy groups -OCH3 is 1. The molecule has 10 nitrogen and oxygen atoms in total. The fourth-order valence-corrected chi connectivity index (χ4v) is 5.40. The van der Waals surface area contributed by atoms with Crippen molar-refractivity contribution in [3.8, 4) is 22.8 Å². The van der Waals surface area contributed by atoms with Crippen LogP contribution in [0.3, 0.4) is 0 Å². The predicted octanol–water partition coefficient (Wildman–Crippen LogP) is 4.55. The summed E-state index contributed by atoms with van der Waals surface area (Å²) in [7, 11) is 1.37. The summed E-state index contributed by atoms with van der Waals surface area (Å²) in [5.41, 5.74) is -1.29. The Morgan fingerprint density at radius 1 is 1.24 bits per heavy atom. The second-order valence-corrected chi connectivity index (χ2v) is 11.8. The molecule has 45 heavy (non-hydrogen) atoms. The molecule has 0 radical (unpaired) electrons. The van der Waals surface area contributed by atoms with Gasteiger partial charge in [-0.1, -0.05) is 11.6 Å². The number of alkyl halides is 3. The number of fused-ring (bicyclic) bond motifs is 2. The molecule has 0 bridgehead atoms. The highest BCUT2D eigenvalue weighted by atomic mass is 35.5. The number of primary amides is 1. The van der Waals surface area contributed by atoms with Crippen molar-refractivity contribution in [3.05, 3.63) is 70.3 Å². The number of rotatable bonds is 8. The zero-order valence-electron chi connectivity index (χ0n) is 23.8. The Bertz CT molecular complexity index is 1880. The molecular formula is C30H26ClF4N5O5. The van der Waals surface area contributed by atoms with E-state index in [9.17, 15) is 27.9 Å². The number of amides is 2. The van der Waals surface area contributed by atoms with E-state index in [2.05, 4.69) is 15.4 Å². The molecule has 4 aromatic rings. The lowest BCUT2D eigenvalue weighted by Gasteiger charge is -2.31. The summed E-state index contributed by atoms with van der Waals surface area (Å²) < 4.78 is 72.0. The molecule has 2 aromatic heterocycles. The maximum absolute atomic E-state index is 15.1. The lowest BCUT2D eigenvalue weighted by atomic mass is 9.81. The molecular weight excluding hydrogens is 622 g/mol. The Balaban J connectivity index is 1.41. The summed E-state index contributed by atoms with van der Waals surface area (Å²) in [5.74, 6) is -2.76. The highest BCUT2D eigenvalue weighted by Gasteiger charge is 2.58. The van der Waals surface area contributed by atoms with Gasteiger partial charge in [0, 0.05) is 33.3 Å². The number of benzene rings is 2. The van der Waals surface area contributed by atoms with Crippen LogP contribution in [-0.4, -0.2) is 58.1 Å². The van der Waals surface area contributed by atoms with Gasteiger partial charge in [-0.2, -0.15) is 18.3 Å². The largest absolute Gasteiger partial charge is 0.494 e. The van der Waals surface area contributed by atoms with Crippen molar-refractivity contribution in [2.75, 3.05) is 20.3 Å². The lowest BCUT2D eigenvalue weighted by molar-refractivity contribution is -0.265. The van der Waals surface area contributed by atoms with Gasteiger partial charge in [0.2, 0.25) is 11.5 Å². The highest BCUT2D eigenvalue weighted by molar-refractivity contribution is 6.30. The van der Waals surface area contributed by atoms with Crippen molar-refractivity contribution >= 4 is 34.3 Å². The lowest BCUT2D eigenvalue weighted by Crippen LogP contribution is -2.51. The number of hydrogen-bond acceptors (Lipinski definition) is 7. The van der Waals surface area contributed by atoms with E-state index >= 15 is 4.39 Å². The molecule has 1 fully saturated rings. The van der Waals surface area contributed by atoms with Crippen LogP contribution in [0, 0.1) is 5.82 Å². The van der Waals surface area contributed by atoms with E-state index in [0.717, 1.165) is 25.0 Å². The number of nitrogens with two attached hydrogens (primary N) is 1. The number of aliphatic hydroxyl groups is 1. The Kier molecular flexibility index (Phi) is 7.20. The smallest absolute Gasteiger partial charge is 0.424 e. The first-order chi connectivity index (χ1) is 21.2. The van der Waals surface area contributed by atoms with E-state index in [1.807, 2.05) is 0 Å². The van der Waals surface area contributed by atoms with Gasteiger partial charge in [0.25, 0.3) is 5.91 Å². The average molecular weight is 648 g/mol. The van der Waals surface area contributed by atoms with Crippen LogP contribution in [0.5, 0.6) is 11.5 Å². The summed E-state index contributed by atoms with van der Waals surface area (Å²) in [6, 6.07) is 7.25. The first-order valence-electron chi connectivity index (χ1n) is 13.7. The second kappa shape index (κ2) is 10.6. The van der Waals surface area contributed by atoms with Crippen LogP contribution in [0.4, 0.5) is 17.6 Å². The minimum absolute atomic E-state index is 0.0103. The van der Waals surface area contributed by atoms with Crippen molar-refractivity contribution < 1.29 is 41.7 Å². The van der Waals surface area contributed by atoms with Gasteiger partial charge in [-0.05, 0) is 56.2 Å². The maximum atomic E-state index is 15.1. The van der Waals surface area contributed by atoms with Gasteiger partial charge in [-0.15, -0.1) is 0 Å². The van der Waals surface area contributed by atoms with E-state index in [-0.39, 0.29) is 45.9 Å².